The van der Waals surface area contributed by atoms with E-state index in [1.165, 1.54) is 0 Å². The Morgan fingerprint density at radius 3 is 2.71 bits per heavy atom. The van der Waals surface area contributed by atoms with E-state index in [0.29, 0.717) is 6.29 Å². The topological polar surface area (TPSA) is 56.0 Å². The molecule has 0 atom stereocenters. The summed E-state index contributed by atoms with van der Waals surface area (Å²) in [5.41, 5.74) is 5.18. The number of aldehydes is 1. The number of nitrogen functional groups attached to an aromatic ring is 1. The first kappa shape index (κ1) is 10.8. The zero-order valence-corrected chi connectivity index (χ0v) is 7.76. The van der Waals surface area contributed by atoms with E-state index >= 15 is 0 Å². The van der Waals surface area contributed by atoms with Gasteiger partial charge in [0.25, 0.3) is 6.43 Å². The molecule has 0 aliphatic rings. The van der Waals surface area contributed by atoms with E-state index in [-0.39, 0.29) is 22.8 Å². The Bertz CT molecular complexity index is 357. The number of hydrogen-bond acceptors (Lipinski definition) is 3. The average molecular weight is 221 g/mol. The molecule has 0 saturated heterocycles. The van der Waals surface area contributed by atoms with Gasteiger partial charge in [0, 0.05) is 11.1 Å². The van der Waals surface area contributed by atoms with Crippen LogP contribution in [0.4, 0.5) is 14.6 Å². The van der Waals surface area contributed by atoms with Gasteiger partial charge >= 0.3 is 0 Å². The maximum atomic E-state index is 12.2. The van der Waals surface area contributed by atoms with Gasteiger partial charge in [-0.3, -0.25) is 4.79 Å². The Balaban J connectivity index is 3.31. The van der Waals surface area contributed by atoms with Crippen molar-refractivity contribution in [3.05, 3.63) is 22.9 Å². The molecule has 1 aromatic heterocycles. The minimum Gasteiger partial charge on any atom is -0.383 e. The van der Waals surface area contributed by atoms with Crippen LogP contribution in [0.1, 0.15) is 28.0 Å². The summed E-state index contributed by atoms with van der Waals surface area (Å²) < 4.78 is 24.5. The molecule has 6 heteroatoms. The Hall–Kier alpha value is -1.23. The van der Waals surface area contributed by atoms with Gasteiger partial charge in [-0.05, 0) is 6.07 Å². The standard InChI is InChI=1S/C8H7ClF2N2O/c9-2-5-4(3-14)1-6(7(10)11)13-8(5)12/h1,3,7H,2H2,(H2,12,13). The molecule has 1 aromatic rings. The van der Waals surface area contributed by atoms with Crippen LogP contribution in [0.5, 0.6) is 0 Å². The first-order chi connectivity index (χ1) is 6.60. The third-order valence-corrected chi connectivity index (χ3v) is 1.96. The Morgan fingerprint density at radius 2 is 2.29 bits per heavy atom. The maximum Gasteiger partial charge on any atom is 0.280 e. The van der Waals surface area contributed by atoms with Crippen molar-refractivity contribution in [2.45, 2.75) is 12.3 Å². The summed E-state index contributed by atoms with van der Waals surface area (Å²) in [5.74, 6) is -0.156. The van der Waals surface area contributed by atoms with Gasteiger partial charge in [-0.1, -0.05) is 0 Å². The van der Waals surface area contributed by atoms with Gasteiger partial charge in [-0.25, -0.2) is 13.8 Å². The van der Waals surface area contributed by atoms with Crippen molar-refractivity contribution in [2.24, 2.45) is 0 Å². The first-order valence-electron chi connectivity index (χ1n) is 3.68. The minimum atomic E-state index is -2.75. The molecule has 1 rings (SSSR count). The quantitative estimate of drug-likeness (QED) is 0.627. The van der Waals surface area contributed by atoms with Crippen LogP contribution in [0.15, 0.2) is 6.07 Å². The number of carbonyl (C=O) groups is 1. The van der Waals surface area contributed by atoms with Crippen LogP contribution >= 0.6 is 11.6 Å². The molecule has 0 bridgehead atoms. The predicted molar refractivity (Wildman–Crippen MR) is 48.6 cm³/mol. The molecule has 14 heavy (non-hydrogen) atoms. The molecule has 0 aromatic carbocycles. The van der Waals surface area contributed by atoms with Crippen LogP contribution in [0, 0.1) is 0 Å². The van der Waals surface area contributed by atoms with Crippen molar-refractivity contribution in [3.8, 4) is 0 Å². The summed E-state index contributed by atoms with van der Waals surface area (Å²) in [5, 5.41) is 0. The number of anilines is 1. The molecular weight excluding hydrogens is 214 g/mol. The van der Waals surface area contributed by atoms with Gasteiger partial charge in [0.1, 0.15) is 11.5 Å². The van der Waals surface area contributed by atoms with E-state index < -0.39 is 12.1 Å². The van der Waals surface area contributed by atoms with E-state index in [2.05, 4.69) is 4.98 Å². The largest absolute Gasteiger partial charge is 0.383 e. The monoisotopic (exact) mass is 220 g/mol. The first-order valence-corrected chi connectivity index (χ1v) is 4.22. The van der Waals surface area contributed by atoms with E-state index in [0.717, 1.165) is 6.07 Å². The number of rotatable bonds is 3. The van der Waals surface area contributed by atoms with Crippen LogP contribution in [-0.4, -0.2) is 11.3 Å². The number of nitrogens with zero attached hydrogens (tertiary/aromatic N) is 1. The summed E-state index contributed by atoms with van der Waals surface area (Å²) in [7, 11) is 0. The number of carbonyl (C=O) groups excluding carboxylic acids is 1. The lowest BCUT2D eigenvalue weighted by molar-refractivity contribution is 0.112. The number of aromatic nitrogens is 1. The van der Waals surface area contributed by atoms with Crippen LogP contribution in [-0.2, 0) is 5.88 Å². The minimum absolute atomic E-state index is 0.0313. The normalized spacial score (nSPS) is 10.6. The highest BCUT2D eigenvalue weighted by Crippen LogP contribution is 2.23. The lowest BCUT2D eigenvalue weighted by Gasteiger charge is -2.07. The number of halogens is 3. The Labute approximate surface area is 83.9 Å². The van der Waals surface area contributed by atoms with Crippen molar-refractivity contribution in [2.75, 3.05) is 5.73 Å². The van der Waals surface area contributed by atoms with Crippen molar-refractivity contribution in [1.82, 2.24) is 4.98 Å². The molecule has 3 nitrogen and oxygen atoms in total. The van der Waals surface area contributed by atoms with Crippen molar-refractivity contribution in [3.63, 3.8) is 0 Å². The predicted octanol–water partition coefficient (Wildman–Crippen LogP) is 2.15. The smallest absolute Gasteiger partial charge is 0.280 e. The number of alkyl halides is 3. The van der Waals surface area contributed by atoms with Crippen LogP contribution in [0.2, 0.25) is 0 Å². The van der Waals surface area contributed by atoms with Crippen molar-refractivity contribution in [1.29, 1.82) is 0 Å². The lowest BCUT2D eigenvalue weighted by Crippen LogP contribution is -2.04. The van der Waals surface area contributed by atoms with E-state index in [4.69, 9.17) is 17.3 Å². The van der Waals surface area contributed by atoms with Crippen LogP contribution in [0.25, 0.3) is 0 Å². The fourth-order valence-electron chi connectivity index (χ4n) is 0.996. The zero-order chi connectivity index (χ0) is 10.7. The number of pyridine rings is 1. The molecule has 0 aliphatic heterocycles. The second kappa shape index (κ2) is 4.32. The molecule has 0 aliphatic carbocycles. The molecule has 0 radical (unpaired) electrons. The number of nitrogens with two attached hydrogens (primary N) is 1. The Morgan fingerprint density at radius 1 is 1.64 bits per heavy atom. The highest BCUT2D eigenvalue weighted by Gasteiger charge is 2.14. The van der Waals surface area contributed by atoms with Gasteiger partial charge < -0.3 is 5.73 Å². The van der Waals surface area contributed by atoms with E-state index in [1.807, 2.05) is 0 Å². The maximum absolute atomic E-state index is 12.2. The van der Waals surface area contributed by atoms with Crippen molar-refractivity contribution >= 4 is 23.7 Å². The summed E-state index contributed by atoms with van der Waals surface area (Å²) in [6.07, 6.45) is -2.32. The summed E-state index contributed by atoms with van der Waals surface area (Å²) in [4.78, 5) is 14.0. The molecule has 1 heterocycles. The molecule has 0 amide bonds. The van der Waals surface area contributed by atoms with Gasteiger partial charge in [-0.2, -0.15) is 0 Å². The SMILES string of the molecule is Nc1nc(C(F)F)cc(C=O)c1CCl. The van der Waals surface area contributed by atoms with E-state index in [1.54, 1.807) is 0 Å². The van der Waals surface area contributed by atoms with E-state index in [9.17, 15) is 13.6 Å². The van der Waals surface area contributed by atoms with Gasteiger partial charge in [0.05, 0.1) is 5.88 Å². The van der Waals surface area contributed by atoms with Gasteiger partial charge in [0.15, 0.2) is 6.29 Å². The highest BCUT2D eigenvalue weighted by molar-refractivity contribution is 6.17. The average Bonchev–Trinajstić information content (AvgIpc) is 2.16. The molecule has 0 fully saturated rings. The van der Waals surface area contributed by atoms with Crippen molar-refractivity contribution < 1.29 is 13.6 Å². The third kappa shape index (κ3) is 1.98. The molecule has 0 spiro atoms. The fourth-order valence-corrected chi connectivity index (χ4v) is 1.29. The van der Waals surface area contributed by atoms with Gasteiger partial charge in [-0.15, -0.1) is 11.6 Å². The summed E-state index contributed by atoms with van der Waals surface area (Å²) in [6.45, 7) is 0. The molecule has 76 valence electrons. The molecule has 2 N–H and O–H groups in total. The second-order valence-electron chi connectivity index (χ2n) is 2.55. The molecule has 0 unspecified atom stereocenters. The van der Waals surface area contributed by atoms with Gasteiger partial charge in [0.2, 0.25) is 0 Å². The fraction of sp³-hybridized carbons (Fsp3) is 0.250. The lowest BCUT2D eigenvalue weighted by atomic mass is 10.1. The second-order valence-corrected chi connectivity index (χ2v) is 2.82. The van der Waals surface area contributed by atoms with Crippen LogP contribution < -0.4 is 5.73 Å². The summed E-state index contributed by atoms with van der Waals surface area (Å²) >= 11 is 5.48. The zero-order valence-electron chi connectivity index (χ0n) is 7.01. The summed E-state index contributed by atoms with van der Waals surface area (Å²) in [6, 6.07) is 0.992. The Kier molecular flexibility index (Phi) is 3.35. The number of hydrogen-bond donors (Lipinski definition) is 1. The third-order valence-electron chi connectivity index (χ3n) is 1.69. The molecular formula is C8H7ClF2N2O. The van der Waals surface area contributed by atoms with Crippen LogP contribution in [0.3, 0.4) is 0 Å². The highest BCUT2D eigenvalue weighted by atomic mass is 35.5. The molecule has 0 saturated carbocycles.